The number of benzene rings is 2. The van der Waals surface area contributed by atoms with Crippen LogP contribution in [0.15, 0.2) is 65.2 Å². The minimum Gasteiger partial charge on any atom is -0.437 e. The molecule has 0 saturated carbocycles. The summed E-state index contributed by atoms with van der Waals surface area (Å²) in [6.45, 7) is 0.563. The molecule has 0 atom stereocenters. The molecule has 126 valence electrons. The van der Waals surface area contributed by atoms with Crippen LogP contribution >= 0.6 is 0 Å². The second-order valence-electron chi connectivity index (χ2n) is 5.82. The molecule has 0 aliphatic carbocycles. The molecular formula is C21H16N4O. The third kappa shape index (κ3) is 3.26. The van der Waals surface area contributed by atoms with Gasteiger partial charge in [-0.15, -0.1) is 0 Å². The van der Waals surface area contributed by atoms with Crippen LogP contribution < -0.4 is 0 Å². The minimum atomic E-state index is 0.421. The molecule has 5 heteroatoms. The molecule has 0 radical (unpaired) electrons. The fourth-order valence-electron chi connectivity index (χ4n) is 2.78. The van der Waals surface area contributed by atoms with E-state index in [0.717, 1.165) is 27.9 Å². The van der Waals surface area contributed by atoms with Gasteiger partial charge in [-0.05, 0) is 18.2 Å². The molecule has 5 nitrogen and oxygen atoms in total. The van der Waals surface area contributed by atoms with Gasteiger partial charge in [0.15, 0.2) is 5.58 Å². The first-order valence-corrected chi connectivity index (χ1v) is 8.37. The van der Waals surface area contributed by atoms with Gasteiger partial charge in [0.25, 0.3) is 0 Å². The van der Waals surface area contributed by atoms with Crippen LogP contribution in [-0.2, 0) is 6.54 Å². The van der Waals surface area contributed by atoms with Crippen molar-refractivity contribution in [1.82, 2.24) is 14.8 Å². The van der Waals surface area contributed by atoms with E-state index in [0.29, 0.717) is 18.9 Å². The Morgan fingerprint density at radius 1 is 1.04 bits per heavy atom. The summed E-state index contributed by atoms with van der Waals surface area (Å²) >= 11 is 0. The number of nitrogens with zero attached hydrogens (tertiary/aromatic N) is 4. The first-order valence-electron chi connectivity index (χ1n) is 8.37. The monoisotopic (exact) mass is 340 g/mol. The van der Waals surface area contributed by atoms with Crippen LogP contribution in [0.5, 0.6) is 0 Å². The van der Waals surface area contributed by atoms with Gasteiger partial charge in [0.05, 0.1) is 24.7 Å². The summed E-state index contributed by atoms with van der Waals surface area (Å²) in [5, 5.41) is 13.5. The molecule has 4 rings (SSSR count). The van der Waals surface area contributed by atoms with Crippen LogP contribution in [0.3, 0.4) is 0 Å². The first kappa shape index (κ1) is 15.9. The van der Waals surface area contributed by atoms with Crippen molar-refractivity contribution >= 4 is 23.3 Å². The van der Waals surface area contributed by atoms with Gasteiger partial charge in [0, 0.05) is 23.4 Å². The molecule has 0 amide bonds. The summed E-state index contributed by atoms with van der Waals surface area (Å²) in [6, 6.07) is 19.8. The number of rotatable bonds is 5. The van der Waals surface area contributed by atoms with Crippen LogP contribution in [0, 0.1) is 11.3 Å². The highest BCUT2D eigenvalue weighted by molar-refractivity contribution is 5.79. The van der Waals surface area contributed by atoms with Gasteiger partial charge in [-0.3, -0.25) is 4.68 Å². The van der Waals surface area contributed by atoms with Gasteiger partial charge in [-0.2, -0.15) is 10.4 Å². The van der Waals surface area contributed by atoms with Crippen molar-refractivity contribution < 1.29 is 4.42 Å². The Morgan fingerprint density at radius 3 is 2.65 bits per heavy atom. The normalized spacial score (nSPS) is 11.2. The van der Waals surface area contributed by atoms with Gasteiger partial charge >= 0.3 is 0 Å². The Morgan fingerprint density at radius 2 is 1.85 bits per heavy atom. The van der Waals surface area contributed by atoms with E-state index < -0.39 is 0 Å². The van der Waals surface area contributed by atoms with Gasteiger partial charge < -0.3 is 4.42 Å². The van der Waals surface area contributed by atoms with Crippen LogP contribution in [0.2, 0.25) is 0 Å². The van der Waals surface area contributed by atoms with E-state index in [9.17, 15) is 0 Å². The largest absolute Gasteiger partial charge is 0.437 e. The maximum atomic E-state index is 8.82. The van der Waals surface area contributed by atoms with E-state index in [1.165, 1.54) is 0 Å². The summed E-state index contributed by atoms with van der Waals surface area (Å²) in [5.74, 6) is 0.551. The molecule has 0 spiro atoms. The average Bonchev–Trinajstić information content (AvgIpc) is 3.29. The zero-order chi connectivity index (χ0) is 17.8. The predicted molar refractivity (Wildman–Crippen MR) is 101 cm³/mol. The molecule has 0 fully saturated rings. The maximum Gasteiger partial charge on any atom is 0.220 e. The summed E-state index contributed by atoms with van der Waals surface area (Å²) in [7, 11) is 0. The van der Waals surface area contributed by atoms with E-state index in [2.05, 4.69) is 16.2 Å². The van der Waals surface area contributed by atoms with E-state index in [4.69, 9.17) is 9.68 Å². The average molecular weight is 340 g/mol. The van der Waals surface area contributed by atoms with Gasteiger partial charge in [-0.1, -0.05) is 42.5 Å². The Bertz CT molecular complexity index is 1070. The lowest BCUT2D eigenvalue weighted by atomic mass is 10.1. The number of fused-ring (bicyclic) bond motifs is 1. The third-order valence-electron chi connectivity index (χ3n) is 4.01. The number of hydrogen-bond acceptors (Lipinski definition) is 4. The molecule has 0 aliphatic heterocycles. The summed E-state index contributed by atoms with van der Waals surface area (Å²) in [5.41, 5.74) is 4.45. The minimum absolute atomic E-state index is 0.421. The molecule has 26 heavy (non-hydrogen) atoms. The summed E-state index contributed by atoms with van der Waals surface area (Å²) in [6.07, 6.45) is 6.16. The van der Waals surface area contributed by atoms with Gasteiger partial charge in [0.2, 0.25) is 5.89 Å². The van der Waals surface area contributed by atoms with Crippen molar-refractivity contribution in [1.29, 1.82) is 5.26 Å². The zero-order valence-electron chi connectivity index (χ0n) is 14.0. The highest BCUT2D eigenvalue weighted by Crippen LogP contribution is 2.24. The molecule has 4 aromatic rings. The number of nitriles is 1. The van der Waals surface area contributed by atoms with E-state index >= 15 is 0 Å². The molecule has 0 bridgehead atoms. The Balaban J connectivity index is 1.70. The standard InChI is InChI=1S/C21H16N4O/c22-13-6-14-25-15-17(21(24-25)16-7-2-1-3-8-16)11-12-20-23-18-9-4-5-10-19(18)26-20/h1-5,7-12,15H,6,14H2. The van der Waals surface area contributed by atoms with E-state index in [1.54, 1.807) is 4.68 Å². The predicted octanol–water partition coefficient (Wildman–Crippen LogP) is 4.78. The maximum absolute atomic E-state index is 8.82. The fraction of sp³-hybridized carbons (Fsp3) is 0.0952. The quantitative estimate of drug-likeness (QED) is 0.524. The number of aryl methyl sites for hydroxylation is 1. The first-order chi connectivity index (χ1) is 12.8. The Hall–Kier alpha value is -3.65. The van der Waals surface area contributed by atoms with Crippen LogP contribution in [0.25, 0.3) is 34.5 Å². The lowest BCUT2D eigenvalue weighted by Gasteiger charge is -1.98. The molecule has 2 aromatic carbocycles. The van der Waals surface area contributed by atoms with E-state index in [1.807, 2.05) is 72.9 Å². The second-order valence-corrected chi connectivity index (χ2v) is 5.82. The summed E-state index contributed by atoms with van der Waals surface area (Å²) in [4.78, 5) is 4.46. The summed E-state index contributed by atoms with van der Waals surface area (Å²) < 4.78 is 7.54. The second kappa shape index (κ2) is 7.08. The molecule has 0 aliphatic rings. The van der Waals surface area contributed by atoms with E-state index in [-0.39, 0.29) is 0 Å². The van der Waals surface area contributed by atoms with Crippen LogP contribution in [-0.4, -0.2) is 14.8 Å². The molecule has 2 aromatic heterocycles. The third-order valence-corrected chi connectivity index (χ3v) is 4.01. The molecule has 0 unspecified atom stereocenters. The number of aromatic nitrogens is 3. The smallest absolute Gasteiger partial charge is 0.220 e. The Labute approximate surface area is 150 Å². The molecule has 2 heterocycles. The van der Waals surface area contributed by atoms with Crippen molar-refractivity contribution in [3.05, 3.63) is 72.2 Å². The van der Waals surface area contributed by atoms with Crippen molar-refractivity contribution in [3.63, 3.8) is 0 Å². The lowest BCUT2D eigenvalue weighted by molar-refractivity contribution is 0.589. The van der Waals surface area contributed by atoms with Gasteiger partial charge in [-0.25, -0.2) is 4.98 Å². The SMILES string of the molecule is N#CCCn1cc(C=Cc2nc3ccccc3o2)c(-c2ccccc2)n1. The number of hydrogen-bond donors (Lipinski definition) is 0. The highest BCUT2D eigenvalue weighted by atomic mass is 16.3. The lowest BCUT2D eigenvalue weighted by Crippen LogP contribution is -1.97. The zero-order valence-corrected chi connectivity index (χ0v) is 14.0. The molecular weight excluding hydrogens is 324 g/mol. The highest BCUT2D eigenvalue weighted by Gasteiger charge is 2.09. The van der Waals surface area contributed by atoms with Crippen molar-refractivity contribution in [2.75, 3.05) is 0 Å². The van der Waals surface area contributed by atoms with Gasteiger partial charge in [0.1, 0.15) is 5.52 Å². The molecule has 0 N–H and O–H groups in total. The van der Waals surface area contributed by atoms with Crippen molar-refractivity contribution in [2.24, 2.45) is 0 Å². The number of para-hydroxylation sites is 2. The Kier molecular flexibility index (Phi) is 4.31. The fourth-order valence-corrected chi connectivity index (χ4v) is 2.78. The topological polar surface area (TPSA) is 67.6 Å². The molecule has 0 saturated heterocycles. The van der Waals surface area contributed by atoms with Crippen LogP contribution in [0.1, 0.15) is 17.9 Å². The van der Waals surface area contributed by atoms with Crippen molar-refractivity contribution in [3.8, 4) is 17.3 Å². The van der Waals surface area contributed by atoms with Crippen molar-refractivity contribution in [2.45, 2.75) is 13.0 Å². The number of oxazole rings is 1. The van der Waals surface area contributed by atoms with Crippen LogP contribution in [0.4, 0.5) is 0 Å².